The highest BCUT2D eigenvalue weighted by Gasteiger charge is 2.23. The minimum atomic E-state index is 0.319. The SMILES string of the molecule is O=C(C[C@H]1C=CCC1)N1CCN(Cc2ccco2)CC1. The van der Waals surface area contributed by atoms with Crippen molar-refractivity contribution in [2.75, 3.05) is 26.2 Å². The maximum absolute atomic E-state index is 12.2. The zero-order valence-corrected chi connectivity index (χ0v) is 11.8. The summed E-state index contributed by atoms with van der Waals surface area (Å²) < 4.78 is 5.37. The molecule has 1 fully saturated rings. The molecular weight excluding hydrogens is 252 g/mol. The molecule has 1 saturated heterocycles. The second kappa shape index (κ2) is 6.27. The first kappa shape index (κ1) is 13.4. The maximum atomic E-state index is 12.2. The molecule has 0 saturated carbocycles. The zero-order chi connectivity index (χ0) is 13.8. The van der Waals surface area contributed by atoms with Crippen molar-refractivity contribution in [3.63, 3.8) is 0 Å². The molecule has 1 amide bonds. The third-order valence-corrected chi connectivity index (χ3v) is 4.23. The molecule has 1 aliphatic carbocycles. The normalized spacial score (nSPS) is 23.4. The number of rotatable bonds is 4. The van der Waals surface area contributed by atoms with E-state index in [1.165, 1.54) is 0 Å². The van der Waals surface area contributed by atoms with Crippen molar-refractivity contribution in [3.05, 3.63) is 36.3 Å². The van der Waals surface area contributed by atoms with Gasteiger partial charge in [-0.25, -0.2) is 0 Å². The maximum Gasteiger partial charge on any atom is 0.223 e. The van der Waals surface area contributed by atoms with E-state index in [0.29, 0.717) is 18.2 Å². The smallest absolute Gasteiger partial charge is 0.223 e. The Kier molecular flexibility index (Phi) is 4.21. The first-order valence-electron chi connectivity index (χ1n) is 7.50. The lowest BCUT2D eigenvalue weighted by Crippen LogP contribution is -2.48. The molecule has 1 aliphatic heterocycles. The summed E-state index contributed by atoms with van der Waals surface area (Å²) in [5.74, 6) is 1.80. The van der Waals surface area contributed by atoms with Crippen molar-refractivity contribution in [1.82, 2.24) is 9.80 Å². The van der Waals surface area contributed by atoms with Gasteiger partial charge < -0.3 is 9.32 Å². The average Bonchev–Trinajstić information content (AvgIpc) is 3.13. The van der Waals surface area contributed by atoms with Crippen LogP contribution in [-0.4, -0.2) is 41.9 Å². The second-order valence-electron chi connectivity index (χ2n) is 5.71. The van der Waals surface area contributed by atoms with E-state index in [9.17, 15) is 4.79 Å². The fourth-order valence-corrected chi connectivity index (χ4v) is 3.00. The van der Waals surface area contributed by atoms with E-state index in [0.717, 1.165) is 51.3 Å². The number of hydrogen-bond donors (Lipinski definition) is 0. The van der Waals surface area contributed by atoms with Gasteiger partial charge >= 0.3 is 0 Å². The summed E-state index contributed by atoms with van der Waals surface area (Å²) >= 11 is 0. The van der Waals surface area contributed by atoms with E-state index < -0.39 is 0 Å². The lowest BCUT2D eigenvalue weighted by molar-refractivity contribution is -0.133. The van der Waals surface area contributed by atoms with Crippen LogP contribution in [0.4, 0.5) is 0 Å². The molecule has 0 radical (unpaired) electrons. The van der Waals surface area contributed by atoms with Gasteiger partial charge in [-0.2, -0.15) is 0 Å². The molecule has 2 heterocycles. The summed E-state index contributed by atoms with van der Waals surface area (Å²) in [6.07, 6.45) is 9.07. The van der Waals surface area contributed by atoms with Crippen LogP contribution in [-0.2, 0) is 11.3 Å². The Morgan fingerprint density at radius 1 is 1.30 bits per heavy atom. The van der Waals surface area contributed by atoms with Gasteiger partial charge in [0.15, 0.2) is 0 Å². The number of piperazine rings is 1. The van der Waals surface area contributed by atoms with Gasteiger partial charge in [-0.3, -0.25) is 9.69 Å². The molecule has 1 atom stereocenters. The highest BCUT2D eigenvalue weighted by molar-refractivity contribution is 5.76. The number of amides is 1. The molecule has 0 bridgehead atoms. The molecule has 2 aliphatic rings. The fourth-order valence-electron chi connectivity index (χ4n) is 3.00. The van der Waals surface area contributed by atoms with Gasteiger partial charge in [-0.1, -0.05) is 12.2 Å². The Morgan fingerprint density at radius 3 is 2.80 bits per heavy atom. The van der Waals surface area contributed by atoms with Crippen LogP contribution in [0.15, 0.2) is 35.0 Å². The quantitative estimate of drug-likeness (QED) is 0.790. The molecule has 0 unspecified atom stereocenters. The van der Waals surface area contributed by atoms with Crippen LogP contribution in [0.2, 0.25) is 0 Å². The summed E-state index contributed by atoms with van der Waals surface area (Å²) in [4.78, 5) is 16.6. The summed E-state index contributed by atoms with van der Waals surface area (Å²) in [7, 11) is 0. The molecule has 4 heteroatoms. The van der Waals surface area contributed by atoms with E-state index in [1.54, 1.807) is 6.26 Å². The first-order valence-corrected chi connectivity index (χ1v) is 7.50. The number of allylic oxidation sites excluding steroid dienone is 2. The van der Waals surface area contributed by atoms with Gasteiger partial charge in [-0.05, 0) is 30.9 Å². The van der Waals surface area contributed by atoms with Gasteiger partial charge in [0.2, 0.25) is 5.91 Å². The van der Waals surface area contributed by atoms with Crippen molar-refractivity contribution < 1.29 is 9.21 Å². The van der Waals surface area contributed by atoms with E-state index >= 15 is 0 Å². The molecular formula is C16H22N2O2. The topological polar surface area (TPSA) is 36.7 Å². The summed E-state index contributed by atoms with van der Waals surface area (Å²) in [5.41, 5.74) is 0. The Balaban J connectivity index is 1.43. The number of nitrogens with zero attached hydrogens (tertiary/aromatic N) is 2. The number of carbonyl (C=O) groups excluding carboxylic acids is 1. The third-order valence-electron chi connectivity index (χ3n) is 4.23. The van der Waals surface area contributed by atoms with E-state index in [2.05, 4.69) is 17.1 Å². The van der Waals surface area contributed by atoms with Crippen LogP contribution < -0.4 is 0 Å². The van der Waals surface area contributed by atoms with Gasteiger partial charge in [0.05, 0.1) is 12.8 Å². The minimum absolute atomic E-state index is 0.319. The predicted molar refractivity (Wildman–Crippen MR) is 77.0 cm³/mol. The molecule has 108 valence electrons. The Hall–Kier alpha value is -1.55. The van der Waals surface area contributed by atoms with E-state index in [-0.39, 0.29) is 0 Å². The summed E-state index contributed by atoms with van der Waals surface area (Å²) in [6.45, 7) is 4.41. The highest BCUT2D eigenvalue weighted by Crippen LogP contribution is 2.21. The molecule has 20 heavy (non-hydrogen) atoms. The van der Waals surface area contributed by atoms with Gasteiger partial charge in [0, 0.05) is 32.6 Å². The lowest BCUT2D eigenvalue weighted by atomic mass is 10.0. The van der Waals surface area contributed by atoms with Crippen molar-refractivity contribution in [3.8, 4) is 0 Å². The Bertz CT molecular complexity index is 459. The van der Waals surface area contributed by atoms with Crippen LogP contribution in [0.1, 0.15) is 25.0 Å². The second-order valence-corrected chi connectivity index (χ2v) is 5.71. The third kappa shape index (κ3) is 3.31. The average molecular weight is 274 g/mol. The molecule has 0 spiro atoms. The first-order chi connectivity index (χ1) is 9.81. The number of hydrogen-bond acceptors (Lipinski definition) is 3. The number of furan rings is 1. The molecule has 3 rings (SSSR count). The summed E-state index contributed by atoms with van der Waals surface area (Å²) in [5, 5.41) is 0. The van der Waals surface area contributed by atoms with Gasteiger partial charge in [0.1, 0.15) is 5.76 Å². The highest BCUT2D eigenvalue weighted by atomic mass is 16.3. The van der Waals surface area contributed by atoms with Crippen LogP contribution in [0.5, 0.6) is 0 Å². The standard InChI is InChI=1S/C16H22N2O2/c19-16(12-14-4-1-2-5-14)18-9-7-17(8-10-18)13-15-6-3-11-20-15/h1,3-4,6,11,14H,2,5,7-10,12-13H2/t14-/m0/s1. The van der Waals surface area contributed by atoms with Crippen molar-refractivity contribution >= 4 is 5.91 Å². The van der Waals surface area contributed by atoms with Crippen LogP contribution >= 0.6 is 0 Å². The molecule has 1 aromatic rings. The van der Waals surface area contributed by atoms with Gasteiger partial charge in [0.25, 0.3) is 0 Å². The van der Waals surface area contributed by atoms with Crippen molar-refractivity contribution in [2.24, 2.45) is 5.92 Å². The Morgan fingerprint density at radius 2 is 2.15 bits per heavy atom. The van der Waals surface area contributed by atoms with Crippen LogP contribution in [0, 0.1) is 5.92 Å². The summed E-state index contributed by atoms with van der Waals surface area (Å²) in [6, 6.07) is 3.92. The Labute approximate surface area is 120 Å². The molecule has 1 aromatic heterocycles. The van der Waals surface area contributed by atoms with Crippen LogP contribution in [0.3, 0.4) is 0 Å². The fraction of sp³-hybridized carbons (Fsp3) is 0.562. The monoisotopic (exact) mass is 274 g/mol. The zero-order valence-electron chi connectivity index (χ0n) is 11.8. The molecule has 0 N–H and O–H groups in total. The predicted octanol–water partition coefficient (Wildman–Crippen LogP) is 2.28. The van der Waals surface area contributed by atoms with Crippen LogP contribution in [0.25, 0.3) is 0 Å². The van der Waals surface area contributed by atoms with E-state index in [4.69, 9.17) is 4.42 Å². The largest absolute Gasteiger partial charge is 0.468 e. The van der Waals surface area contributed by atoms with Gasteiger partial charge in [-0.15, -0.1) is 0 Å². The minimum Gasteiger partial charge on any atom is -0.468 e. The molecule has 4 nitrogen and oxygen atoms in total. The van der Waals surface area contributed by atoms with Crippen molar-refractivity contribution in [1.29, 1.82) is 0 Å². The molecule has 0 aromatic carbocycles. The number of carbonyl (C=O) groups is 1. The lowest BCUT2D eigenvalue weighted by Gasteiger charge is -2.34. The van der Waals surface area contributed by atoms with Crippen molar-refractivity contribution in [2.45, 2.75) is 25.8 Å². The van der Waals surface area contributed by atoms with E-state index in [1.807, 2.05) is 17.0 Å².